The van der Waals surface area contributed by atoms with Crippen molar-refractivity contribution in [2.75, 3.05) is 26.6 Å². The van der Waals surface area contributed by atoms with Gasteiger partial charge in [-0.3, -0.25) is 4.79 Å². The summed E-state index contributed by atoms with van der Waals surface area (Å²) in [5.41, 5.74) is 3.86. The summed E-state index contributed by atoms with van der Waals surface area (Å²) >= 11 is 0. The molecule has 0 bridgehead atoms. The summed E-state index contributed by atoms with van der Waals surface area (Å²) in [6, 6.07) is 14.8. The minimum atomic E-state index is -0.540. The van der Waals surface area contributed by atoms with Gasteiger partial charge in [0.2, 0.25) is 0 Å². The Balaban J connectivity index is 1.98. The van der Waals surface area contributed by atoms with E-state index < -0.39 is 6.04 Å². The van der Waals surface area contributed by atoms with Crippen LogP contribution in [0.25, 0.3) is 5.57 Å². The third kappa shape index (κ3) is 5.32. The second-order valence-corrected chi connectivity index (χ2v) is 7.60. The van der Waals surface area contributed by atoms with E-state index in [9.17, 15) is 4.79 Å². The zero-order valence-electron chi connectivity index (χ0n) is 19.3. The van der Waals surface area contributed by atoms with E-state index in [1.54, 1.807) is 14.2 Å². The lowest BCUT2D eigenvalue weighted by Crippen LogP contribution is -2.45. The number of amides is 1. The minimum absolute atomic E-state index is 0.169. The Kier molecular flexibility index (Phi) is 7.60. The number of para-hydroxylation sites is 2. The molecule has 2 aromatic rings. The maximum atomic E-state index is 13.1. The molecule has 1 heterocycles. The second kappa shape index (κ2) is 10.6. The summed E-state index contributed by atoms with van der Waals surface area (Å²) in [6.07, 6.45) is 6.83. The highest BCUT2D eigenvalue weighted by atomic mass is 16.5. The van der Waals surface area contributed by atoms with Crippen LogP contribution in [0.15, 0.2) is 78.3 Å². The van der Waals surface area contributed by atoms with Crippen LogP contribution >= 0.6 is 0 Å². The van der Waals surface area contributed by atoms with Crippen LogP contribution in [0.1, 0.15) is 25.8 Å². The van der Waals surface area contributed by atoms with Crippen molar-refractivity contribution < 1.29 is 14.3 Å². The first-order valence-electron chi connectivity index (χ1n) is 10.6. The zero-order valence-corrected chi connectivity index (χ0v) is 19.3. The van der Waals surface area contributed by atoms with Crippen molar-refractivity contribution in [2.45, 2.75) is 26.3 Å². The van der Waals surface area contributed by atoms with Crippen LogP contribution in [-0.2, 0) is 4.79 Å². The van der Waals surface area contributed by atoms with Crippen molar-refractivity contribution in [1.29, 1.82) is 0 Å². The molecule has 1 atom stereocenters. The van der Waals surface area contributed by atoms with E-state index in [0.717, 1.165) is 29.1 Å². The van der Waals surface area contributed by atoms with E-state index in [1.165, 1.54) is 5.57 Å². The van der Waals surface area contributed by atoms with Gasteiger partial charge in [0, 0.05) is 18.8 Å². The maximum Gasteiger partial charge on any atom is 0.251 e. The second-order valence-electron chi connectivity index (χ2n) is 7.60. The lowest BCUT2D eigenvalue weighted by Gasteiger charge is -2.31. The molecule has 0 radical (unpaired) electrons. The van der Waals surface area contributed by atoms with Crippen molar-refractivity contribution in [2.24, 2.45) is 0 Å². The standard InChI is InChI=1S/C26H31N3O3/c1-6-18(2)16-21(19-10-9-11-20(17-19)31-4)25-27-23(14-15-29(25)3)26(30)28-22-12-7-8-13-24(22)32-5/h7-17,23,27H,6H2,1-5H3,(H,28,30)/b18-16-,25-21+. The molecule has 1 unspecified atom stereocenters. The fourth-order valence-electron chi connectivity index (χ4n) is 3.39. The highest BCUT2D eigenvalue weighted by molar-refractivity contribution is 5.98. The number of nitrogens with one attached hydrogen (secondary N) is 2. The number of ether oxygens (including phenoxy) is 2. The summed E-state index contributed by atoms with van der Waals surface area (Å²) in [4.78, 5) is 15.1. The van der Waals surface area contributed by atoms with E-state index in [4.69, 9.17) is 9.47 Å². The van der Waals surface area contributed by atoms with Gasteiger partial charge in [-0.2, -0.15) is 0 Å². The monoisotopic (exact) mass is 433 g/mol. The number of hydrogen-bond acceptors (Lipinski definition) is 5. The van der Waals surface area contributed by atoms with Crippen LogP contribution in [0, 0.1) is 0 Å². The van der Waals surface area contributed by atoms with Gasteiger partial charge in [-0.05, 0) is 49.2 Å². The number of hydrogen-bond donors (Lipinski definition) is 2. The van der Waals surface area contributed by atoms with Gasteiger partial charge < -0.3 is 25.0 Å². The van der Waals surface area contributed by atoms with Crippen LogP contribution in [0.5, 0.6) is 11.5 Å². The number of anilines is 1. The highest BCUT2D eigenvalue weighted by Crippen LogP contribution is 2.28. The van der Waals surface area contributed by atoms with Gasteiger partial charge in [0.1, 0.15) is 23.4 Å². The van der Waals surface area contributed by atoms with E-state index in [0.29, 0.717) is 11.4 Å². The predicted octanol–water partition coefficient (Wildman–Crippen LogP) is 4.78. The lowest BCUT2D eigenvalue weighted by molar-refractivity contribution is -0.117. The first-order chi connectivity index (χ1) is 15.5. The molecule has 0 spiro atoms. The molecule has 0 saturated carbocycles. The van der Waals surface area contributed by atoms with Gasteiger partial charge in [-0.25, -0.2) is 0 Å². The molecular formula is C26H31N3O3. The molecule has 168 valence electrons. The molecule has 1 aliphatic rings. The number of methoxy groups -OCH3 is 2. The van der Waals surface area contributed by atoms with Crippen LogP contribution in [0.2, 0.25) is 0 Å². The molecule has 2 N–H and O–H groups in total. The van der Waals surface area contributed by atoms with Crippen molar-refractivity contribution in [3.8, 4) is 11.5 Å². The van der Waals surface area contributed by atoms with Crippen LogP contribution in [0.4, 0.5) is 5.69 Å². The smallest absolute Gasteiger partial charge is 0.251 e. The van der Waals surface area contributed by atoms with Crippen molar-refractivity contribution in [3.63, 3.8) is 0 Å². The average Bonchev–Trinajstić information content (AvgIpc) is 2.83. The molecule has 3 rings (SSSR count). The predicted molar refractivity (Wildman–Crippen MR) is 129 cm³/mol. The molecular weight excluding hydrogens is 402 g/mol. The molecule has 1 aliphatic heterocycles. The topological polar surface area (TPSA) is 62.8 Å². The van der Waals surface area contributed by atoms with Crippen LogP contribution in [-0.4, -0.2) is 38.1 Å². The largest absolute Gasteiger partial charge is 0.497 e. The third-order valence-corrected chi connectivity index (χ3v) is 5.38. The molecule has 6 nitrogen and oxygen atoms in total. The lowest BCUT2D eigenvalue weighted by atomic mass is 10.0. The number of allylic oxidation sites excluding steroid dienone is 3. The van der Waals surface area contributed by atoms with E-state index in [1.807, 2.05) is 72.8 Å². The molecule has 6 heteroatoms. The molecule has 0 saturated heterocycles. The van der Waals surface area contributed by atoms with Gasteiger partial charge in [0.05, 0.1) is 19.9 Å². The first-order valence-corrected chi connectivity index (χ1v) is 10.6. The Labute approximate surface area is 190 Å². The Morgan fingerprint density at radius 2 is 1.94 bits per heavy atom. The normalized spacial score (nSPS) is 17.5. The summed E-state index contributed by atoms with van der Waals surface area (Å²) in [7, 11) is 5.20. The Hall–Kier alpha value is -3.67. The van der Waals surface area contributed by atoms with Gasteiger partial charge in [-0.1, -0.05) is 42.8 Å². The number of carbonyl (C=O) groups excluding carboxylic acids is 1. The number of nitrogens with zero attached hydrogens (tertiary/aromatic N) is 1. The molecule has 2 aromatic carbocycles. The van der Waals surface area contributed by atoms with Gasteiger partial charge in [0.15, 0.2) is 0 Å². The van der Waals surface area contributed by atoms with Crippen molar-refractivity contribution in [3.05, 3.63) is 83.8 Å². The first kappa shape index (κ1) is 23.0. The minimum Gasteiger partial charge on any atom is -0.497 e. The third-order valence-electron chi connectivity index (χ3n) is 5.38. The summed E-state index contributed by atoms with van der Waals surface area (Å²) in [5.74, 6) is 2.07. The quantitative estimate of drug-likeness (QED) is 0.658. The fraction of sp³-hybridized carbons (Fsp3) is 0.269. The molecule has 0 fully saturated rings. The molecule has 1 amide bonds. The van der Waals surface area contributed by atoms with Crippen molar-refractivity contribution >= 4 is 17.2 Å². The van der Waals surface area contributed by atoms with Crippen molar-refractivity contribution in [1.82, 2.24) is 10.2 Å². The Bertz CT molecular complexity index is 1060. The number of benzene rings is 2. The van der Waals surface area contributed by atoms with Crippen LogP contribution in [0.3, 0.4) is 0 Å². The van der Waals surface area contributed by atoms with Crippen LogP contribution < -0.4 is 20.1 Å². The van der Waals surface area contributed by atoms with E-state index in [2.05, 4.69) is 30.6 Å². The fourth-order valence-corrected chi connectivity index (χ4v) is 3.39. The maximum absolute atomic E-state index is 13.1. The van der Waals surface area contributed by atoms with Gasteiger partial charge in [-0.15, -0.1) is 0 Å². The molecule has 0 aromatic heterocycles. The summed E-state index contributed by atoms with van der Waals surface area (Å²) in [6.45, 7) is 4.23. The number of carbonyl (C=O) groups is 1. The van der Waals surface area contributed by atoms with E-state index in [-0.39, 0.29) is 5.91 Å². The van der Waals surface area contributed by atoms with Gasteiger partial charge >= 0.3 is 0 Å². The van der Waals surface area contributed by atoms with E-state index >= 15 is 0 Å². The molecule has 0 aliphatic carbocycles. The zero-order chi connectivity index (χ0) is 23.1. The summed E-state index contributed by atoms with van der Waals surface area (Å²) in [5, 5.41) is 6.37. The summed E-state index contributed by atoms with van der Waals surface area (Å²) < 4.78 is 10.8. The Morgan fingerprint density at radius 3 is 2.66 bits per heavy atom. The Morgan fingerprint density at radius 1 is 1.16 bits per heavy atom. The average molecular weight is 434 g/mol. The van der Waals surface area contributed by atoms with Gasteiger partial charge in [0.25, 0.3) is 5.91 Å². The molecule has 32 heavy (non-hydrogen) atoms. The number of rotatable bonds is 7. The highest BCUT2D eigenvalue weighted by Gasteiger charge is 2.24. The SMILES string of the molecule is CC/C(C)=C\C(=C1\NC(C(=O)Nc2ccccc2OC)C=CN1C)c1cccc(OC)c1.